The third-order valence-electron chi connectivity index (χ3n) is 3.19. The molecule has 2 atom stereocenters. The average Bonchev–Trinajstić information content (AvgIpc) is 2.24. The number of nitrogens with one attached hydrogen (secondary N) is 1. The lowest BCUT2D eigenvalue weighted by Gasteiger charge is -2.26. The lowest BCUT2D eigenvalue weighted by molar-refractivity contribution is 0.268. The van der Waals surface area contributed by atoms with Crippen LogP contribution >= 0.6 is 23.2 Å². The van der Waals surface area contributed by atoms with Gasteiger partial charge in [0.2, 0.25) is 0 Å². The molecule has 1 rings (SSSR count). The van der Waals surface area contributed by atoms with E-state index in [1.165, 1.54) is 37.6 Å². The second-order valence-corrected chi connectivity index (χ2v) is 5.36. The van der Waals surface area contributed by atoms with E-state index in [1.807, 2.05) is 0 Å². The SMILES string of the molecule is CC1CCCC(CCNCC(Cl)=CCl)C1. The van der Waals surface area contributed by atoms with Crippen LogP contribution in [-0.4, -0.2) is 13.1 Å². The Hall–Kier alpha value is 0.280. The summed E-state index contributed by atoms with van der Waals surface area (Å²) in [5.41, 5.74) is 1.43. The molecule has 1 aliphatic rings. The summed E-state index contributed by atoms with van der Waals surface area (Å²) in [5.74, 6) is 1.84. The van der Waals surface area contributed by atoms with Gasteiger partial charge in [0.1, 0.15) is 0 Å². The van der Waals surface area contributed by atoms with Crippen LogP contribution in [0, 0.1) is 11.8 Å². The zero-order valence-electron chi connectivity index (χ0n) is 9.44. The highest BCUT2D eigenvalue weighted by Gasteiger charge is 2.17. The third kappa shape index (κ3) is 5.79. The van der Waals surface area contributed by atoms with Crippen LogP contribution in [0.1, 0.15) is 39.0 Å². The molecule has 0 saturated heterocycles. The zero-order valence-corrected chi connectivity index (χ0v) is 10.9. The maximum atomic E-state index is 5.78. The largest absolute Gasteiger partial charge is 0.312 e. The first kappa shape index (κ1) is 13.3. The minimum Gasteiger partial charge on any atom is -0.312 e. The Morgan fingerprint density at radius 1 is 1.47 bits per heavy atom. The molecule has 0 spiro atoms. The summed E-state index contributed by atoms with van der Waals surface area (Å²) in [7, 11) is 0. The van der Waals surface area contributed by atoms with E-state index in [2.05, 4.69) is 12.2 Å². The number of hydrogen-bond acceptors (Lipinski definition) is 1. The molecule has 0 radical (unpaired) electrons. The predicted molar refractivity (Wildman–Crippen MR) is 68.4 cm³/mol. The smallest absolute Gasteiger partial charge is 0.0431 e. The van der Waals surface area contributed by atoms with E-state index in [1.54, 1.807) is 0 Å². The van der Waals surface area contributed by atoms with Gasteiger partial charge in [0.25, 0.3) is 0 Å². The predicted octanol–water partition coefficient (Wildman–Crippen LogP) is 4.11. The van der Waals surface area contributed by atoms with Gasteiger partial charge in [0, 0.05) is 17.1 Å². The summed E-state index contributed by atoms with van der Waals surface area (Å²) < 4.78 is 0. The first-order chi connectivity index (χ1) is 7.22. The third-order valence-corrected chi connectivity index (χ3v) is 3.80. The van der Waals surface area contributed by atoms with Crippen LogP contribution in [0.25, 0.3) is 0 Å². The van der Waals surface area contributed by atoms with Gasteiger partial charge < -0.3 is 5.32 Å². The van der Waals surface area contributed by atoms with E-state index >= 15 is 0 Å². The lowest BCUT2D eigenvalue weighted by Crippen LogP contribution is -2.22. The van der Waals surface area contributed by atoms with Gasteiger partial charge >= 0.3 is 0 Å². The highest BCUT2D eigenvalue weighted by Crippen LogP contribution is 2.30. The summed E-state index contributed by atoms with van der Waals surface area (Å²) in [6.07, 6.45) is 6.92. The quantitative estimate of drug-likeness (QED) is 0.724. The lowest BCUT2D eigenvalue weighted by atomic mass is 9.81. The fourth-order valence-electron chi connectivity index (χ4n) is 2.37. The Morgan fingerprint density at radius 2 is 2.27 bits per heavy atom. The Labute approximate surface area is 103 Å². The van der Waals surface area contributed by atoms with Gasteiger partial charge in [0.15, 0.2) is 0 Å². The Kier molecular flexibility index (Phi) is 6.71. The van der Waals surface area contributed by atoms with E-state index in [0.717, 1.165) is 18.4 Å². The van der Waals surface area contributed by atoms with Crippen LogP contribution in [-0.2, 0) is 0 Å². The number of halogens is 2. The van der Waals surface area contributed by atoms with Crippen molar-refractivity contribution < 1.29 is 0 Å². The van der Waals surface area contributed by atoms with Gasteiger partial charge in [-0.05, 0) is 31.2 Å². The van der Waals surface area contributed by atoms with Crippen LogP contribution in [0.3, 0.4) is 0 Å². The van der Waals surface area contributed by atoms with Crippen molar-refractivity contribution >= 4 is 23.2 Å². The topological polar surface area (TPSA) is 12.0 Å². The van der Waals surface area contributed by atoms with Crippen LogP contribution in [0.4, 0.5) is 0 Å². The zero-order chi connectivity index (χ0) is 11.1. The Balaban J connectivity index is 2.04. The van der Waals surface area contributed by atoms with Crippen molar-refractivity contribution in [3.05, 3.63) is 10.6 Å². The van der Waals surface area contributed by atoms with E-state index in [-0.39, 0.29) is 0 Å². The molecule has 2 unspecified atom stereocenters. The van der Waals surface area contributed by atoms with Crippen LogP contribution in [0.15, 0.2) is 10.6 Å². The molecule has 1 nitrogen and oxygen atoms in total. The molecule has 0 amide bonds. The van der Waals surface area contributed by atoms with Gasteiger partial charge in [-0.15, -0.1) is 0 Å². The van der Waals surface area contributed by atoms with Crippen LogP contribution in [0.5, 0.6) is 0 Å². The highest BCUT2D eigenvalue weighted by molar-refractivity contribution is 6.36. The summed E-state index contributed by atoms with van der Waals surface area (Å²) in [6.45, 7) is 4.12. The second kappa shape index (κ2) is 7.54. The maximum absolute atomic E-state index is 5.78. The molecular formula is C12H21Cl2N. The minimum atomic E-state index is 0.689. The van der Waals surface area contributed by atoms with Crippen LogP contribution in [0.2, 0.25) is 0 Å². The molecule has 0 aromatic rings. The maximum Gasteiger partial charge on any atom is 0.0431 e. The molecule has 3 heteroatoms. The molecule has 0 bridgehead atoms. The molecule has 15 heavy (non-hydrogen) atoms. The normalized spacial score (nSPS) is 28.1. The van der Waals surface area contributed by atoms with Crippen molar-refractivity contribution in [2.45, 2.75) is 39.0 Å². The van der Waals surface area contributed by atoms with Crippen molar-refractivity contribution in [3.63, 3.8) is 0 Å². The van der Waals surface area contributed by atoms with E-state index in [9.17, 15) is 0 Å². The summed E-state index contributed by atoms with van der Waals surface area (Å²) in [5, 5.41) is 4.00. The van der Waals surface area contributed by atoms with E-state index in [0.29, 0.717) is 11.6 Å². The van der Waals surface area contributed by atoms with Crippen LogP contribution < -0.4 is 5.32 Å². The highest BCUT2D eigenvalue weighted by atomic mass is 35.5. The summed E-state index contributed by atoms with van der Waals surface area (Å²) >= 11 is 11.2. The van der Waals surface area contributed by atoms with Gasteiger partial charge in [-0.2, -0.15) is 0 Å². The molecule has 1 aliphatic carbocycles. The number of rotatable bonds is 5. The second-order valence-electron chi connectivity index (χ2n) is 4.66. The van der Waals surface area contributed by atoms with Gasteiger partial charge in [-0.1, -0.05) is 49.4 Å². The standard InChI is InChI=1S/C12H21Cl2N/c1-10-3-2-4-11(7-10)5-6-15-9-12(14)8-13/h8,10-11,15H,2-7,9H2,1H3. The molecule has 0 aromatic carbocycles. The molecule has 0 aromatic heterocycles. The average molecular weight is 250 g/mol. The summed E-state index contributed by atoms with van der Waals surface area (Å²) in [4.78, 5) is 0. The Bertz CT molecular complexity index is 204. The molecule has 1 fully saturated rings. The van der Waals surface area contributed by atoms with Crippen molar-refractivity contribution in [1.29, 1.82) is 0 Å². The van der Waals surface area contributed by atoms with Crippen molar-refractivity contribution in [2.75, 3.05) is 13.1 Å². The summed E-state index contributed by atoms with van der Waals surface area (Å²) in [6, 6.07) is 0. The monoisotopic (exact) mass is 249 g/mol. The van der Waals surface area contributed by atoms with Gasteiger partial charge in [-0.25, -0.2) is 0 Å². The van der Waals surface area contributed by atoms with E-state index in [4.69, 9.17) is 23.2 Å². The molecule has 1 N–H and O–H groups in total. The fourth-order valence-corrected chi connectivity index (χ4v) is 2.55. The first-order valence-electron chi connectivity index (χ1n) is 5.88. The van der Waals surface area contributed by atoms with E-state index < -0.39 is 0 Å². The first-order valence-corrected chi connectivity index (χ1v) is 6.69. The minimum absolute atomic E-state index is 0.689. The van der Waals surface area contributed by atoms with Gasteiger partial charge in [0.05, 0.1) is 0 Å². The molecule has 88 valence electrons. The molecule has 0 heterocycles. The van der Waals surface area contributed by atoms with Crippen molar-refractivity contribution in [3.8, 4) is 0 Å². The van der Waals surface area contributed by atoms with Crippen molar-refractivity contribution in [2.24, 2.45) is 11.8 Å². The Morgan fingerprint density at radius 3 is 2.93 bits per heavy atom. The number of hydrogen-bond donors (Lipinski definition) is 1. The fraction of sp³-hybridized carbons (Fsp3) is 0.833. The molecule has 0 aliphatic heterocycles. The molecule has 1 saturated carbocycles. The van der Waals surface area contributed by atoms with Gasteiger partial charge in [-0.3, -0.25) is 0 Å². The molecular weight excluding hydrogens is 229 g/mol. The van der Waals surface area contributed by atoms with Crippen molar-refractivity contribution in [1.82, 2.24) is 5.32 Å².